The fraction of sp³-hybridized carbons (Fsp3) is 0.103. The lowest BCUT2D eigenvalue weighted by molar-refractivity contribution is 0.659. The molecule has 0 spiro atoms. The van der Waals surface area contributed by atoms with Crippen LogP contribution < -0.4 is 14.7 Å². The van der Waals surface area contributed by atoms with Crippen LogP contribution in [0.5, 0.6) is 0 Å². The highest BCUT2D eigenvalue weighted by molar-refractivity contribution is 6.21. The van der Waals surface area contributed by atoms with Gasteiger partial charge in [0.2, 0.25) is 0 Å². The normalized spacial score (nSPS) is 14.8. The Morgan fingerprint density at radius 2 is 0.967 bits per heavy atom. The summed E-state index contributed by atoms with van der Waals surface area (Å²) in [6.45, 7) is 5.84. The van der Waals surface area contributed by atoms with E-state index in [0.29, 0.717) is 0 Å². The first-order valence-corrected chi connectivity index (χ1v) is 21.6. The van der Waals surface area contributed by atoms with Gasteiger partial charge in [-0.15, -0.1) is 0 Å². The third-order valence-corrected chi connectivity index (χ3v) is 13.5. The van der Waals surface area contributed by atoms with Crippen LogP contribution in [0.3, 0.4) is 0 Å². The van der Waals surface area contributed by atoms with E-state index in [9.17, 15) is 0 Å². The standard InChI is InChI=1S/C58H45N3/c1-58(2)50-37-39(31-34-46(50)47-35-32-42(38-51(47)58)59-36-16-18-40-17-6-11-25-52(40)59)30-33-45-43-21-7-9-23-48(43)57(49-24-10-8-22-44(45)49)61-55-28-14-12-26-53(55)60(41-19-4-3-5-20-41)54-27-13-15-29-56(54)61/h3-15,17,19-35,37-38H,16,18,36H2,1-2H3. The van der Waals surface area contributed by atoms with Crippen LogP contribution in [-0.2, 0) is 11.8 Å². The summed E-state index contributed by atoms with van der Waals surface area (Å²) in [5.41, 5.74) is 18.8. The molecule has 292 valence electrons. The molecule has 0 fully saturated rings. The van der Waals surface area contributed by atoms with Crippen molar-refractivity contribution in [3.63, 3.8) is 0 Å². The summed E-state index contributed by atoms with van der Waals surface area (Å²) in [6, 6.07) is 69.4. The molecule has 1 aliphatic carbocycles. The molecule has 0 amide bonds. The molecule has 0 bridgehead atoms. The molecular weight excluding hydrogens is 739 g/mol. The molecule has 0 radical (unpaired) electrons. The molecule has 9 aromatic rings. The molecule has 2 aliphatic heterocycles. The van der Waals surface area contributed by atoms with Gasteiger partial charge in [-0.25, -0.2) is 0 Å². The SMILES string of the molecule is CC1(C)c2cc(C=Cc3c4ccccc4c(N4c5ccccc5N(c5ccccc5)c5ccccc54)c4ccccc34)ccc2-c2ccc(N3CCCc4ccccc43)cc21. The summed E-state index contributed by atoms with van der Waals surface area (Å²) in [4.78, 5) is 7.41. The van der Waals surface area contributed by atoms with Crippen LogP contribution >= 0.6 is 0 Å². The summed E-state index contributed by atoms with van der Waals surface area (Å²) in [5.74, 6) is 0. The minimum atomic E-state index is -0.127. The average molecular weight is 784 g/mol. The zero-order valence-electron chi connectivity index (χ0n) is 34.5. The van der Waals surface area contributed by atoms with Gasteiger partial charge in [-0.05, 0) is 117 Å². The molecule has 0 saturated carbocycles. The Hall–Kier alpha value is -7.36. The Bertz CT molecular complexity index is 3130. The van der Waals surface area contributed by atoms with Gasteiger partial charge in [-0.3, -0.25) is 0 Å². The molecule has 9 aromatic carbocycles. The highest BCUT2D eigenvalue weighted by Crippen LogP contribution is 2.57. The molecule has 0 aromatic heterocycles. The van der Waals surface area contributed by atoms with E-state index in [-0.39, 0.29) is 5.41 Å². The van der Waals surface area contributed by atoms with Crippen molar-refractivity contribution in [1.82, 2.24) is 0 Å². The summed E-state index contributed by atoms with van der Waals surface area (Å²) in [7, 11) is 0. The lowest BCUT2D eigenvalue weighted by Crippen LogP contribution is -2.25. The lowest BCUT2D eigenvalue weighted by atomic mass is 9.81. The average Bonchev–Trinajstić information content (AvgIpc) is 3.54. The van der Waals surface area contributed by atoms with Crippen molar-refractivity contribution in [1.29, 1.82) is 0 Å². The molecule has 0 atom stereocenters. The number of anilines is 8. The first-order chi connectivity index (χ1) is 30.0. The first kappa shape index (κ1) is 35.6. The molecule has 3 nitrogen and oxygen atoms in total. The molecule has 0 unspecified atom stereocenters. The van der Waals surface area contributed by atoms with Gasteiger partial charge in [0.1, 0.15) is 0 Å². The fourth-order valence-corrected chi connectivity index (χ4v) is 10.6. The van der Waals surface area contributed by atoms with Crippen molar-refractivity contribution in [2.24, 2.45) is 0 Å². The van der Waals surface area contributed by atoms with Crippen molar-refractivity contribution in [3.05, 3.63) is 216 Å². The number of aryl methyl sites for hydroxylation is 1. The Morgan fingerprint density at radius 3 is 1.62 bits per heavy atom. The van der Waals surface area contributed by atoms with Gasteiger partial charge in [0, 0.05) is 39.8 Å². The summed E-state index contributed by atoms with van der Waals surface area (Å²) >= 11 is 0. The number of benzene rings is 9. The second-order valence-electron chi connectivity index (χ2n) is 17.2. The minimum Gasteiger partial charge on any atom is -0.341 e. The van der Waals surface area contributed by atoms with Gasteiger partial charge < -0.3 is 14.7 Å². The highest BCUT2D eigenvalue weighted by Gasteiger charge is 2.37. The van der Waals surface area contributed by atoms with Gasteiger partial charge >= 0.3 is 0 Å². The van der Waals surface area contributed by atoms with Gasteiger partial charge in [-0.1, -0.05) is 159 Å². The Morgan fingerprint density at radius 1 is 0.443 bits per heavy atom. The maximum absolute atomic E-state index is 2.52. The second-order valence-corrected chi connectivity index (χ2v) is 17.2. The number of hydrogen-bond donors (Lipinski definition) is 0. The summed E-state index contributed by atoms with van der Waals surface area (Å²) in [6.07, 6.45) is 7.00. The molecule has 61 heavy (non-hydrogen) atoms. The van der Waals surface area contributed by atoms with E-state index in [1.54, 1.807) is 0 Å². The van der Waals surface area contributed by atoms with E-state index < -0.39 is 0 Å². The molecule has 0 saturated heterocycles. The summed E-state index contributed by atoms with van der Waals surface area (Å²) in [5, 5.41) is 4.90. The smallest absolute Gasteiger partial charge is 0.0703 e. The predicted octanol–water partition coefficient (Wildman–Crippen LogP) is 15.8. The Kier molecular flexibility index (Phi) is 8.08. The van der Waals surface area contributed by atoms with Crippen LogP contribution in [0.1, 0.15) is 48.1 Å². The number of para-hydroxylation sites is 6. The predicted molar refractivity (Wildman–Crippen MR) is 259 cm³/mol. The van der Waals surface area contributed by atoms with Crippen molar-refractivity contribution in [2.75, 3.05) is 21.2 Å². The third-order valence-electron chi connectivity index (χ3n) is 13.5. The van der Waals surface area contributed by atoms with Crippen LogP contribution in [0.15, 0.2) is 188 Å². The van der Waals surface area contributed by atoms with Crippen LogP contribution in [0, 0.1) is 0 Å². The van der Waals surface area contributed by atoms with Crippen molar-refractivity contribution in [2.45, 2.75) is 32.1 Å². The molecule has 3 heteroatoms. The van der Waals surface area contributed by atoms with E-state index in [4.69, 9.17) is 0 Å². The zero-order valence-corrected chi connectivity index (χ0v) is 34.5. The van der Waals surface area contributed by atoms with Crippen LogP contribution in [0.25, 0.3) is 44.8 Å². The quantitative estimate of drug-likeness (QED) is 0.127. The number of fused-ring (bicyclic) bond motifs is 8. The van der Waals surface area contributed by atoms with E-state index in [0.717, 1.165) is 41.4 Å². The molecule has 12 rings (SSSR count). The number of nitrogens with zero attached hydrogens (tertiary/aromatic N) is 3. The highest BCUT2D eigenvalue weighted by atomic mass is 15.3. The van der Waals surface area contributed by atoms with E-state index in [1.807, 2.05) is 0 Å². The van der Waals surface area contributed by atoms with E-state index in [1.165, 1.54) is 84.0 Å². The minimum absolute atomic E-state index is 0.127. The van der Waals surface area contributed by atoms with Crippen LogP contribution in [0.2, 0.25) is 0 Å². The Labute approximate surface area is 358 Å². The second kappa shape index (κ2) is 13.9. The van der Waals surface area contributed by atoms with E-state index >= 15 is 0 Å². The van der Waals surface area contributed by atoms with Gasteiger partial charge in [0.15, 0.2) is 0 Å². The summed E-state index contributed by atoms with van der Waals surface area (Å²) < 4.78 is 0. The lowest BCUT2D eigenvalue weighted by Gasteiger charge is -2.41. The van der Waals surface area contributed by atoms with Gasteiger partial charge in [0.05, 0.1) is 28.4 Å². The van der Waals surface area contributed by atoms with E-state index in [2.05, 4.69) is 229 Å². The zero-order chi connectivity index (χ0) is 40.7. The molecular formula is C58H45N3. The molecule has 3 aliphatic rings. The van der Waals surface area contributed by atoms with Crippen molar-refractivity contribution < 1.29 is 0 Å². The fourth-order valence-electron chi connectivity index (χ4n) is 10.6. The maximum atomic E-state index is 2.52. The third kappa shape index (κ3) is 5.50. The van der Waals surface area contributed by atoms with Crippen molar-refractivity contribution in [3.8, 4) is 11.1 Å². The topological polar surface area (TPSA) is 9.72 Å². The molecule has 0 N–H and O–H groups in total. The van der Waals surface area contributed by atoms with Crippen LogP contribution in [0.4, 0.5) is 45.5 Å². The maximum Gasteiger partial charge on any atom is 0.0703 e. The van der Waals surface area contributed by atoms with Gasteiger partial charge in [-0.2, -0.15) is 0 Å². The largest absolute Gasteiger partial charge is 0.341 e. The monoisotopic (exact) mass is 783 g/mol. The van der Waals surface area contributed by atoms with Gasteiger partial charge in [0.25, 0.3) is 0 Å². The number of hydrogen-bond acceptors (Lipinski definition) is 3. The molecule has 2 heterocycles. The first-order valence-electron chi connectivity index (χ1n) is 21.6. The Balaban J connectivity index is 0.963. The number of rotatable bonds is 5. The van der Waals surface area contributed by atoms with Crippen LogP contribution in [-0.4, -0.2) is 6.54 Å². The van der Waals surface area contributed by atoms with Crippen molar-refractivity contribution >= 4 is 79.2 Å².